The van der Waals surface area contributed by atoms with Gasteiger partial charge in [0, 0.05) is 11.3 Å². The van der Waals surface area contributed by atoms with Crippen LogP contribution in [-0.2, 0) is 4.79 Å². The van der Waals surface area contributed by atoms with Crippen molar-refractivity contribution in [3.8, 4) is 18.1 Å². The van der Waals surface area contributed by atoms with Crippen molar-refractivity contribution in [3.63, 3.8) is 0 Å². The minimum Gasteiger partial charge on any atom is -0.495 e. The predicted octanol–water partition coefficient (Wildman–Crippen LogP) is 2.73. The van der Waals surface area contributed by atoms with E-state index in [0.29, 0.717) is 11.4 Å². The second kappa shape index (κ2) is 7.01. The molecule has 0 saturated heterocycles. The lowest BCUT2D eigenvalue weighted by Gasteiger charge is -2.11. The molecule has 4 nitrogen and oxygen atoms in total. The number of hydrogen-bond acceptors (Lipinski definition) is 3. The van der Waals surface area contributed by atoms with Gasteiger partial charge in [-0.1, -0.05) is 24.1 Å². The molecule has 0 saturated carbocycles. The Morgan fingerprint density at radius 1 is 1.24 bits per heavy atom. The van der Waals surface area contributed by atoms with Crippen molar-refractivity contribution >= 4 is 17.3 Å². The van der Waals surface area contributed by atoms with Crippen LogP contribution >= 0.6 is 0 Å². The van der Waals surface area contributed by atoms with E-state index in [-0.39, 0.29) is 12.5 Å². The number of anilines is 2. The van der Waals surface area contributed by atoms with Crippen molar-refractivity contribution in [1.29, 1.82) is 0 Å². The van der Waals surface area contributed by atoms with Gasteiger partial charge in [-0.3, -0.25) is 4.79 Å². The fourth-order valence-electron chi connectivity index (χ4n) is 1.84. The van der Waals surface area contributed by atoms with E-state index in [2.05, 4.69) is 16.6 Å². The lowest BCUT2D eigenvalue weighted by Crippen LogP contribution is -2.22. The normalized spacial score (nSPS) is 9.52. The Morgan fingerprint density at radius 3 is 2.81 bits per heavy atom. The monoisotopic (exact) mass is 280 g/mol. The van der Waals surface area contributed by atoms with Crippen molar-refractivity contribution in [2.45, 2.75) is 0 Å². The number of terminal acetylenes is 1. The molecule has 4 heteroatoms. The molecule has 0 unspecified atom stereocenters. The number of nitrogens with one attached hydrogen (secondary N) is 2. The molecule has 2 N–H and O–H groups in total. The smallest absolute Gasteiger partial charge is 0.243 e. The molecule has 0 heterocycles. The number of rotatable bonds is 5. The zero-order valence-corrected chi connectivity index (χ0v) is 11.7. The van der Waals surface area contributed by atoms with E-state index < -0.39 is 0 Å². The average Bonchev–Trinajstić information content (AvgIpc) is 2.53. The summed E-state index contributed by atoms with van der Waals surface area (Å²) in [6, 6.07) is 14.6. The van der Waals surface area contributed by atoms with Crippen molar-refractivity contribution in [3.05, 3.63) is 54.1 Å². The van der Waals surface area contributed by atoms with Crippen molar-refractivity contribution in [2.75, 3.05) is 24.3 Å². The molecule has 0 fully saturated rings. The fraction of sp³-hybridized carbons (Fsp3) is 0.118. The number of benzene rings is 2. The summed E-state index contributed by atoms with van der Waals surface area (Å²) in [6.45, 7) is 0.145. The van der Waals surface area contributed by atoms with Crippen LogP contribution in [0, 0.1) is 12.3 Å². The van der Waals surface area contributed by atoms with Crippen molar-refractivity contribution < 1.29 is 9.53 Å². The maximum atomic E-state index is 11.9. The maximum absolute atomic E-state index is 11.9. The first kappa shape index (κ1) is 14.5. The van der Waals surface area contributed by atoms with Crippen LogP contribution in [0.5, 0.6) is 5.75 Å². The summed E-state index contributed by atoms with van der Waals surface area (Å²) in [5.74, 6) is 3.02. The van der Waals surface area contributed by atoms with Crippen LogP contribution in [0.3, 0.4) is 0 Å². The molecule has 0 radical (unpaired) electrons. The molecule has 1 amide bonds. The molecule has 0 spiro atoms. The van der Waals surface area contributed by atoms with Crippen LogP contribution in [0.15, 0.2) is 48.5 Å². The number of methoxy groups -OCH3 is 1. The molecular weight excluding hydrogens is 264 g/mol. The van der Waals surface area contributed by atoms with Gasteiger partial charge in [0.25, 0.3) is 0 Å². The first-order chi connectivity index (χ1) is 10.2. The number of amides is 1. The van der Waals surface area contributed by atoms with Gasteiger partial charge in [0.1, 0.15) is 5.75 Å². The molecule has 2 rings (SSSR count). The van der Waals surface area contributed by atoms with Crippen molar-refractivity contribution in [2.24, 2.45) is 0 Å². The quantitative estimate of drug-likeness (QED) is 0.828. The van der Waals surface area contributed by atoms with E-state index in [1.165, 1.54) is 0 Å². The van der Waals surface area contributed by atoms with Gasteiger partial charge >= 0.3 is 0 Å². The highest BCUT2D eigenvalue weighted by Crippen LogP contribution is 2.22. The highest BCUT2D eigenvalue weighted by molar-refractivity contribution is 5.95. The molecule has 106 valence electrons. The molecule has 0 aromatic heterocycles. The van der Waals surface area contributed by atoms with Gasteiger partial charge in [-0.25, -0.2) is 0 Å². The minimum absolute atomic E-state index is 0.145. The predicted molar refractivity (Wildman–Crippen MR) is 84.5 cm³/mol. The standard InChI is InChI=1S/C17H16N2O2/c1-3-13-7-6-8-14(11-13)18-12-17(20)19-15-9-4-5-10-16(15)21-2/h1,4-11,18H,12H2,2H3,(H,19,20). The molecule has 0 aliphatic carbocycles. The van der Waals surface area contributed by atoms with Crippen molar-refractivity contribution in [1.82, 2.24) is 0 Å². The van der Waals surface area contributed by atoms with Crippen LogP contribution in [0.2, 0.25) is 0 Å². The summed E-state index contributed by atoms with van der Waals surface area (Å²) in [7, 11) is 1.56. The minimum atomic E-state index is -0.161. The average molecular weight is 280 g/mol. The number of carbonyl (C=O) groups excluding carboxylic acids is 1. The maximum Gasteiger partial charge on any atom is 0.243 e. The highest BCUT2D eigenvalue weighted by atomic mass is 16.5. The van der Waals surface area contributed by atoms with E-state index in [4.69, 9.17) is 11.2 Å². The Morgan fingerprint density at radius 2 is 2.05 bits per heavy atom. The third-order valence-electron chi connectivity index (χ3n) is 2.86. The van der Waals surface area contributed by atoms with Gasteiger partial charge in [-0.05, 0) is 30.3 Å². The van der Waals surface area contributed by atoms with Gasteiger partial charge in [0.15, 0.2) is 0 Å². The lowest BCUT2D eigenvalue weighted by atomic mass is 10.2. The Bertz CT molecular complexity index is 674. The van der Waals surface area contributed by atoms with Gasteiger partial charge in [-0.15, -0.1) is 6.42 Å². The Labute approximate surface area is 124 Å². The number of para-hydroxylation sites is 2. The first-order valence-corrected chi connectivity index (χ1v) is 6.46. The molecule has 2 aromatic carbocycles. The zero-order valence-electron chi connectivity index (χ0n) is 11.7. The topological polar surface area (TPSA) is 50.4 Å². The Balaban J connectivity index is 1.94. The van der Waals surface area contributed by atoms with Gasteiger partial charge in [0.05, 0.1) is 19.3 Å². The number of ether oxygens (including phenoxy) is 1. The van der Waals surface area contributed by atoms with Gasteiger partial charge in [0.2, 0.25) is 5.91 Å². The summed E-state index contributed by atoms with van der Waals surface area (Å²) >= 11 is 0. The summed E-state index contributed by atoms with van der Waals surface area (Å²) in [4.78, 5) is 11.9. The number of carbonyl (C=O) groups is 1. The Hall–Kier alpha value is -2.93. The first-order valence-electron chi connectivity index (χ1n) is 6.46. The molecule has 0 atom stereocenters. The molecule has 0 aliphatic rings. The van der Waals surface area contributed by atoms with Crippen LogP contribution in [-0.4, -0.2) is 19.6 Å². The van der Waals surface area contributed by atoms with Gasteiger partial charge < -0.3 is 15.4 Å². The van der Waals surface area contributed by atoms with Crippen LogP contribution in [0.25, 0.3) is 0 Å². The molecular formula is C17H16N2O2. The Kier molecular flexibility index (Phi) is 4.84. The lowest BCUT2D eigenvalue weighted by molar-refractivity contribution is -0.114. The van der Waals surface area contributed by atoms with Crippen LogP contribution < -0.4 is 15.4 Å². The summed E-state index contributed by atoms with van der Waals surface area (Å²) < 4.78 is 5.18. The second-order valence-electron chi connectivity index (χ2n) is 4.33. The third kappa shape index (κ3) is 4.02. The summed E-state index contributed by atoms with van der Waals surface area (Å²) in [6.07, 6.45) is 5.34. The SMILES string of the molecule is C#Cc1cccc(NCC(=O)Nc2ccccc2OC)c1. The molecule has 21 heavy (non-hydrogen) atoms. The van der Waals surface area contributed by atoms with Crippen LogP contribution in [0.4, 0.5) is 11.4 Å². The van der Waals surface area contributed by atoms with E-state index in [1.54, 1.807) is 19.2 Å². The summed E-state index contributed by atoms with van der Waals surface area (Å²) in [5.41, 5.74) is 2.22. The second-order valence-corrected chi connectivity index (χ2v) is 4.33. The molecule has 0 aliphatic heterocycles. The third-order valence-corrected chi connectivity index (χ3v) is 2.86. The number of hydrogen-bond donors (Lipinski definition) is 2. The van der Waals surface area contributed by atoms with E-state index >= 15 is 0 Å². The van der Waals surface area contributed by atoms with E-state index in [0.717, 1.165) is 11.3 Å². The largest absolute Gasteiger partial charge is 0.495 e. The van der Waals surface area contributed by atoms with E-state index in [9.17, 15) is 4.79 Å². The van der Waals surface area contributed by atoms with Gasteiger partial charge in [-0.2, -0.15) is 0 Å². The zero-order chi connectivity index (χ0) is 15.1. The fourth-order valence-corrected chi connectivity index (χ4v) is 1.84. The van der Waals surface area contributed by atoms with E-state index in [1.807, 2.05) is 36.4 Å². The summed E-state index contributed by atoms with van der Waals surface area (Å²) in [5, 5.41) is 5.82. The molecule has 0 bridgehead atoms. The molecule has 2 aromatic rings. The highest BCUT2D eigenvalue weighted by Gasteiger charge is 2.06. The van der Waals surface area contributed by atoms with Crippen LogP contribution in [0.1, 0.15) is 5.56 Å².